The molecule has 0 bridgehead atoms. The van der Waals surface area contributed by atoms with Gasteiger partial charge in [-0.2, -0.15) is 10.2 Å². The van der Waals surface area contributed by atoms with Crippen LogP contribution in [0.5, 0.6) is 0 Å². The third-order valence-corrected chi connectivity index (χ3v) is 5.08. The molecule has 0 unspecified atom stereocenters. The molecule has 4 aromatic rings. The molecule has 0 aliphatic carbocycles. The SMILES string of the molecule is Cc1nn(Cc2ccccc2)c(C)c1CNC(=O)c1cn[nH]c1-c1ccccc1. The molecule has 146 valence electrons. The molecule has 0 fully saturated rings. The van der Waals surface area contributed by atoms with Crippen molar-refractivity contribution < 1.29 is 4.79 Å². The second kappa shape index (κ2) is 8.14. The van der Waals surface area contributed by atoms with E-state index in [9.17, 15) is 4.79 Å². The van der Waals surface area contributed by atoms with E-state index in [1.807, 2.05) is 67.1 Å². The first kappa shape index (κ1) is 18.7. The second-order valence-electron chi connectivity index (χ2n) is 7.00. The van der Waals surface area contributed by atoms with Crippen LogP contribution in [0.3, 0.4) is 0 Å². The highest BCUT2D eigenvalue weighted by molar-refractivity contribution is 5.99. The number of aromatic nitrogens is 4. The molecule has 1 amide bonds. The van der Waals surface area contributed by atoms with E-state index < -0.39 is 0 Å². The van der Waals surface area contributed by atoms with Gasteiger partial charge in [0.15, 0.2) is 0 Å². The van der Waals surface area contributed by atoms with E-state index in [1.165, 1.54) is 5.56 Å². The Morgan fingerprint density at radius 1 is 1.03 bits per heavy atom. The van der Waals surface area contributed by atoms with Crippen molar-refractivity contribution in [3.8, 4) is 11.3 Å². The summed E-state index contributed by atoms with van der Waals surface area (Å²) in [5, 5.41) is 14.7. The van der Waals surface area contributed by atoms with Gasteiger partial charge >= 0.3 is 0 Å². The van der Waals surface area contributed by atoms with Crippen LogP contribution in [0.4, 0.5) is 0 Å². The van der Waals surface area contributed by atoms with Crippen molar-refractivity contribution in [2.45, 2.75) is 26.9 Å². The van der Waals surface area contributed by atoms with E-state index in [2.05, 4.69) is 32.7 Å². The van der Waals surface area contributed by atoms with Crippen molar-refractivity contribution >= 4 is 5.91 Å². The van der Waals surface area contributed by atoms with E-state index in [0.29, 0.717) is 18.7 Å². The van der Waals surface area contributed by atoms with Gasteiger partial charge in [-0.25, -0.2) is 0 Å². The normalized spacial score (nSPS) is 10.8. The lowest BCUT2D eigenvalue weighted by Gasteiger charge is -2.08. The molecule has 0 saturated carbocycles. The summed E-state index contributed by atoms with van der Waals surface area (Å²) in [6, 6.07) is 19.9. The molecule has 6 heteroatoms. The zero-order valence-electron chi connectivity index (χ0n) is 16.5. The zero-order valence-corrected chi connectivity index (χ0v) is 16.5. The standard InChI is InChI=1S/C23H23N5O/c1-16-20(17(2)28(27-16)15-18-9-5-3-6-10-18)13-24-23(29)21-14-25-26-22(21)19-11-7-4-8-12-19/h3-12,14H,13,15H2,1-2H3,(H,24,29)(H,25,26). The number of nitrogens with zero attached hydrogens (tertiary/aromatic N) is 3. The third kappa shape index (κ3) is 3.96. The molecule has 2 heterocycles. The summed E-state index contributed by atoms with van der Waals surface area (Å²) in [5.74, 6) is -0.160. The number of hydrogen-bond acceptors (Lipinski definition) is 3. The number of carbonyl (C=O) groups is 1. The molecule has 0 aliphatic rings. The van der Waals surface area contributed by atoms with Gasteiger partial charge in [0.1, 0.15) is 0 Å². The molecule has 0 atom stereocenters. The van der Waals surface area contributed by atoms with Crippen molar-refractivity contribution in [3.63, 3.8) is 0 Å². The Morgan fingerprint density at radius 3 is 2.45 bits per heavy atom. The minimum atomic E-state index is -0.160. The van der Waals surface area contributed by atoms with Gasteiger partial charge in [-0.15, -0.1) is 0 Å². The Balaban J connectivity index is 1.49. The fourth-order valence-corrected chi connectivity index (χ4v) is 3.45. The molecule has 0 spiro atoms. The molecule has 29 heavy (non-hydrogen) atoms. The summed E-state index contributed by atoms with van der Waals surface area (Å²) in [6.07, 6.45) is 1.57. The van der Waals surface area contributed by atoms with Crippen LogP contribution in [0.25, 0.3) is 11.3 Å². The summed E-state index contributed by atoms with van der Waals surface area (Å²) in [5.41, 5.74) is 6.40. The molecular formula is C23H23N5O. The fourth-order valence-electron chi connectivity index (χ4n) is 3.45. The van der Waals surface area contributed by atoms with Gasteiger partial charge in [-0.05, 0) is 19.4 Å². The summed E-state index contributed by atoms with van der Waals surface area (Å²) in [6.45, 7) is 5.15. The summed E-state index contributed by atoms with van der Waals surface area (Å²) < 4.78 is 1.99. The first-order valence-corrected chi connectivity index (χ1v) is 9.57. The predicted molar refractivity (Wildman–Crippen MR) is 112 cm³/mol. The highest BCUT2D eigenvalue weighted by atomic mass is 16.1. The number of nitrogens with one attached hydrogen (secondary N) is 2. The maximum Gasteiger partial charge on any atom is 0.255 e. The lowest BCUT2D eigenvalue weighted by atomic mass is 10.1. The largest absolute Gasteiger partial charge is 0.348 e. The molecule has 2 aromatic carbocycles. The van der Waals surface area contributed by atoms with Gasteiger partial charge in [0.25, 0.3) is 5.91 Å². The van der Waals surface area contributed by atoms with Gasteiger partial charge in [-0.3, -0.25) is 14.6 Å². The van der Waals surface area contributed by atoms with Gasteiger partial charge in [0.2, 0.25) is 0 Å². The van der Waals surface area contributed by atoms with Crippen LogP contribution in [0, 0.1) is 13.8 Å². The predicted octanol–water partition coefficient (Wildman–Crippen LogP) is 3.87. The van der Waals surface area contributed by atoms with Crippen LogP contribution in [0.1, 0.15) is 32.9 Å². The Kier molecular flexibility index (Phi) is 5.24. The molecule has 4 rings (SSSR count). The van der Waals surface area contributed by atoms with Gasteiger partial charge in [-0.1, -0.05) is 60.7 Å². The smallest absolute Gasteiger partial charge is 0.255 e. The van der Waals surface area contributed by atoms with Crippen LogP contribution in [0.15, 0.2) is 66.9 Å². The van der Waals surface area contributed by atoms with Crippen molar-refractivity contribution in [1.29, 1.82) is 0 Å². The van der Waals surface area contributed by atoms with Gasteiger partial charge < -0.3 is 5.32 Å². The zero-order chi connectivity index (χ0) is 20.2. The Hall–Kier alpha value is -3.67. The van der Waals surface area contributed by atoms with E-state index in [4.69, 9.17) is 0 Å². The Labute approximate surface area is 169 Å². The maximum atomic E-state index is 12.8. The third-order valence-electron chi connectivity index (χ3n) is 5.08. The lowest BCUT2D eigenvalue weighted by Crippen LogP contribution is -2.23. The van der Waals surface area contributed by atoms with E-state index >= 15 is 0 Å². The number of benzene rings is 2. The molecular weight excluding hydrogens is 362 g/mol. The highest BCUT2D eigenvalue weighted by Crippen LogP contribution is 2.21. The minimum absolute atomic E-state index is 0.160. The average molecular weight is 385 g/mol. The van der Waals surface area contributed by atoms with Crippen LogP contribution >= 0.6 is 0 Å². The van der Waals surface area contributed by atoms with Crippen LogP contribution < -0.4 is 5.32 Å². The van der Waals surface area contributed by atoms with Crippen molar-refractivity contribution in [2.75, 3.05) is 0 Å². The molecule has 0 radical (unpaired) electrons. The average Bonchev–Trinajstić information content (AvgIpc) is 3.33. The van der Waals surface area contributed by atoms with Crippen LogP contribution in [0.2, 0.25) is 0 Å². The first-order chi connectivity index (χ1) is 14.1. The molecule has 0 saturated heterocycles. The summed E-state index contributed by atoms with van der Waals surface area (Å²) in [4.78, 5) is 12.8. The number of aromatic amines is 1. The maximum absolute atomic E-state index is 12.8. The number of H-pyrrole nitrogens is 1. The highest BCUT2D eigenvalue weighted by Gasteiger charge is 2.17. The second-order valence-corrected chi connectivity index (χ2v) is 7.00. The first-order valence-electron chi connectivity index (χ1n) is 9.57. The number of amides is 1. The van der Waals surface area contributed by atoms with Gasteiger partial charge in [0.05, 0.1) is 29.7 Å². The summed E-state index contributed by atoms with van der Waals surface area (Å²) in [7, 11) is 0. The quantitative estimate of drug-likeness (QED) is 0.529. The minimum Gasteiger partial charge on any atom is -0.348 e. The monoisotopic (exact) mass is 385 g/mol. The van der Waals surface area contributed by atoms with Gasteiger partial charge in [0, 0.05) is 23.4 Å². The molecule has 6 nitrogen and oxygen atoms in total. The molecule has 0 aliphatic heterocycles. The summed E-state index contributed by atoms with van der Waals surface area (Å²) >= 11 is 0. The molecule has 2 aromatic heterocycles. The fraction of sp³-hybridized carbons (Fsp3) is 0.174. The number of aryl methyl sites for hydroxylation is 1. The van der Waals surface area contributed by atoms with E-state index in [0.717, 1.165) is 28.2 Å². The van der Waals surface area contributed by atoms with Crippen LogP contribution in [-0.2, 0) is 13.1 Å². The van der Waals surface area contributed by atoms with E-state index in [1.54, 1.807) is 6.20 Å². The number of carbonyl (C=O) groups excluding carboxylic acids is 1. The van der Waals surface area contributed by atoms with Crippen molar-refractivity contribution in [2.24, 2.45) is 0 Å². The number of rotatable bonds is 6. The van der Waals surface area contributed by atoms with Crippen LogP contribution in [-0.4, -0.2) is 25.9 Å². The Morgan fingerprint density at radius 2 is 1.72 bits per heavy atom. The van der Waals surface area contributed by atoms with Crippen molar-refractivity contribution in [1.82, 2.24) is 25.3 Å². The lowest BCUT2D eigenvalue weighted by molar-refractivity contribution is 0.0951. The topological polar surface area (TPSA) is 75.6 Å². The number of hydrogen-bond donors (Lipinski definition) is 2. The Bertz CT molecular complexity index is 1110. The van der Waals surface area contributed by atoms with Crippen molar-refractivity contribution in [3.05, 3.63) is 94.9 Å². The molecule has 2 N–H and O–H groups in total. The van der Waals surface area contributed by atoms with E-state index in [-0.39, 0.29) is 5.91 Å².